The monoisotopic (exact) mass is 235 g/mol. The Balaban J connectivity index is 3.20. The Labute approximate surface area is 93.6 Å². The largest absolute Gasteiger partial charge is 0.481 e. The summed E-state index contributed by atoms with van der Waals surface area (Å²) >= 11 is 1.29. The van der Waals surface area contributed by atoms with Crippen LogP contribution in [0.1, 0.15) is 13.3 Å². The summed E-state index contributed by atoms with van der Waals surface area (Å²) in [6.45, 7) is 3.43. The molecule has 5 nitrogen and oxygen atoms in total. The fourth-order valence-electron chi connectivity index (χ4n) is 0.820. The van der Waals surface area contributed by atoms with Crippen molar-refractivity contribution < 1.29 is 19.4 Å². The number of carbonyl (C=O) groups is 2. The molecule has 15 heavy (non-hydrogen) atoms. The summed E-state index contributed by atoms with van der Waals surface area (Å²) in [5.41, 5.74) is 0. The van der Waals surface area contributed by atoms with Crippen molar-refractivity contribution >= 4 is 23.6 Å². The van der Waals surface area contributed by atoms with Crippen LogP contribution in [0, 0.1) is 0 Å². The van der Waals surface area contributed by atoms with Crippen LogP contribution < -0.4 is 5.32 Å². The van der Waals surface area contributed by atoms with Crippen molar-refractivity contribution in [3.8, 4) is 0 Å². The second-order valence-electron chi connectivity index (χ2n) is 2.74. The van der Waals surface area contributed by atoms with Crippen LogP contribution in [0.3, 0.4) is 0 Å². The summed E-state index contributed by atoms with van der Waals surface area (Å²) in [5, 5.41) is 11.0. The van der Waals surface area contributed by atoms with Gasteiger partial charge in [-0.15, -0.1) is 11.8 Å². The Morgan fingerprint density at radius 1 is 1.47 bits per heavy atom. The Hall–Kier alpha value is -0.750. The van der Waals surface area contributed by atoms with E-state index in [2.05, 4.69) is 5.32 Å². The van der Waals surface area contributed by atoms with Gasteiger partial charge in [0.25, 0.3) is 0 Å². The lowest BCUT2D eigenvalue weighted by Crippen LogP contribution is -2.26. The van der Waals surface area contributed by atoms with Crippen LogP contribution in [0.15, 0.2) is 0 Å². The minimum atomic E-state index is -0.831. The third kappa shape index (κ3) is 11.2. The highest BCUT2D eigenvalue weighted by atomic mass is 32.2. The molecule has 0 bridgehead atoms. The van der Waals surface area contributed by atoms with E-state index in [-0.39, 0.29) is 11.7 Å². The van der Waals surface area contributed by atoms with E-state index in [4.69, 9.17) is 9.84 Å². The molecule has 0 aliphatic carbocycles. The normalized spacial score (nSPS) is 9.93. The number of ether oxygens (including phenoxy) is 1. The maximum absolute atomic E-state index is 11.1. The molecule has 0 aromatic heterocycles. The second kappa shape index (κ2) is 9.79. The third-order valence-electron chi connectivity index (χ3n) is 1.47. The summed E-state index contributed by atoms with van der Waals surface area (Å²) in [7, 11) is 0. The second-order valence-corrected chi connectivity index (χ2v) is 3.85. The number of rotatable bonds is 9. The van der Waals surface area contributed by atoms with E-state index in [0.29, 0.717) is 31.9 Å². The Kier molecular flexibility index (Phi) is 9.30. The molecule has 6 heteroatoms. The van der Waals surface area contributed by atoms with E-state index in [1.807, 2.05) is 6.92 Å². The molecule has 0 heterocycles. The SMILES string of the molecule is CCOCCC(=O)NCCSCC(=O)O. The van der Waals surface area contributed by atoms with Crippen LogP contribution in [0.5, 0.6) is 0 Å². The maximum atomic E-state index is 11.1. The standard InChI is InChI=1S/C9H17NO4S/c1-2-14-5-3-8(11)10-4-6-15-7-9(12)13/h2-7H2,1H3,(H,10,11)(H,12,13). The molecule has 1 amide bonds. The van der Waals surface area contributed by atoms with Gasteiger partial charge in [0.1, 0.15) is 0 Å². The lowest BCUT2D eigenvalue weighted by Gasteiger charge is -2.04. The van der Waals surface area contributed by atoms with E-state index in [1.165, 1.54) is 11.8 Å². The number of carboxylic acid groups (broad SMARTS) is 1. The van der Waals surface area contributed by atoms with E-state index in [1.54, 1.807) is 0 Å². The van der Waals surface area contributed by atoms with Gasteiger partial charge < -0.3 is 15.2 Å². The van der Waals surface area contributed by atoms with Crippen molar-refractivity contribution in [2.24, 2.45) is 0 Å². The topological polar surface area (TPSA) is 75.6 Å². The highest BCUT2D eigenvalue weighted by Crippen LogP contribution is 1.96. The van der Waals surface area contributed by atoms with Crippen molar-refractivity contribution in [2.75, 3.05) is 31.3 Å². The van der Waals surface area contributed by atoms with E-state index >= 15 is 0 Å². The third-order valence-corrected chi connectivity index (χ3v) is 2.42. The molecule has 0 aliphatic rings. The fourth-order valence-corrected chi connectivity index (χ4v) is 1.39. The van der Waals surface area contributed by atoms with Crippen LogP contribution in [0.2, 0.25) is 0 Å². The molecule has 0 aromatic rings. The lowest BCUT2D eigenvalue weighted by molar-refractivity contribution is -0.133. The maximum Gasteiger partial charge on any atom is 0.313 e. The van der Waals surface area contributed by atoms with Gasteiger partial charge in [0.05, 0.1) is 12.4 Å². The van der Waals surface area contributed by atoms with Crippen LogP contribution in [-0.4, -0.2) is 48.2 Å². The zero-order valence-electron chi connectivity index (χ0n) is 8.82. The van der Waals surface area contributed by atoms with Crippen molar-refractivity contribution in [3.05, 3.63) is 0 Å². The zero-order chi connectivity index (χ0) is 11.5. The highest BCUT2D eigenvalue weighted by molar-refractivity contribution is 7.99. The first-order valence-corrected chi connectivity index (χ1v) is 5.96. The molecule has 0 spiro atoms. The number of carboxylic acids is 1. The van der Waals surface area contributed by atoms with Crippen molar-refractivity contribution in [1.29, 1.82) is 0 Å². The summed E-state index contributed by atoms with van der Waals surface area (Å²) < 4.78 is 5.02. The van der Waals surface area contributed by atoms with Gasteiger partial charge in [-0.1, -0.05) is 0 Å². The first-order valence-electron chi connectivity index (χ1n) is 4.80. The Morgan fingerprint density at radius 3 is 2.80 bits per heavy atom. The predicted molar refractivity (Wildman–Crippen MR) is 59.1 cm³/mol. The molecular weight excluding hydrogens is 218 g/mol. The van der Waals surface area contributed by atoms with Crippen LogP contribution in [0.25, 0.3) is 0 Å². The number of hydrogen-bond acceptors (Lipinski definition) is 4. The molecule has 88 valence electrons. The van der Waals surface area contributed by atoms with Gasteiger partial charge >= 0.3 is 5.97 Å². The van der Waals surface area contributed by atoms with E-state index in [0.717, 1.165) is 0 Å². The smallest absolute Gasteiger partial charge is 0.313 e. The number of aliphatic carboxylic acids is 1. The Bertz CT molecular complexity index is 199. The molecule has 0 aliphatic heterocycles. The molecule has 0 unspecified atom stereocenters. The number of carbonyl (C=O) groups excluding carboxylic acids is 1. The van der Waals surface area contributed by atoms with Crippen molar-refractivity contribution in [2.45, 2.75) is 13.3 Å². The zero-order valence-corrected chi connectivity index (χ0v) is 9.64. The first-order chi connectivity index (χ1) is 7.16. The molecule has 0 radical (unpaired) electrons. The van der Waals surface area contributed by atoms with Crippen LogP contribution >= 0.6 is 11.8 Å². The first kappa shape index (κ1) is 14.2. The van der Waals surface area contributed by atoms with Gasteiger partial charge in [0.15, 0.2) is 0 Å². The number of amides is 1. The van der Waals surface area contributed by atoms with Gasteiger partial charge in [-0.25, -0.2) is 0 Å². The van der Waals surface area contributed by atoms with Crippen LogP contribution in [0.4, 0.5) is 0 Å². The summed E-state index contributed by atoms with van der Waals surface area (Å²) in [5.74, 6) is -0.191. The van der Waals surface area contributed by atoms with E-state index in [9.17, 15) is 9.59 Å². The molecule has 0 fully saturated rings. The van der Waals surface area contributed by atoms with Gasteiger partial charge in [-0.2, -0.15) is 0 Å². The average molecular weight is 235 g/mol. The fraction of sp³-hybridized carbons (Fsp3) is 0.778. The molecule has 0 saturated heterocycles. The molecule has 0 atom stereocenters. The average Bonchev–Trinajstić information content (AvgIpc) is 2.17. The van der Waals surface area contributed by atoms with Gasteiger partial charge in [0.2, 0.25) is 5.91 Å². The van der Waals surface area contributed by atoms with Crippen LogP contribution in [-0.2, 0) is 14.3 Å². The molecule has 0 rings (SSSR count). The van der Waals surface area contributed by atoms with Gasteiger partial charge in [-0.3, -0.25) is 9.59 Å². The predicted octanol–water partition coefficient (Wildman–Crippen LogP) is 0.347. The van der Waals surface area contributed by atoms with E-state index < -0.39 is 5.97 Å². The number of nitrogens with one attached hydrogen (secondary N) is 1. The summed E-state index contributed by atoms with van der Waals surface area (Å²) in [6.07, 6.45) is 0.359. The minimum absolute atomic E-state index is 0.0561. The van der Waals surface area contributed by atoms with Crippen molar-refractivity contribution in [1.82, 2.24) is 5.32 Å². The quantitative estimate of drug-likeness (QED) is 0.564. The number of hydrogen-bond donors (Lipinski definition) is 2. The van der Waals surface area contributed by atoms with Crippen molar-refractivity contribution in [3.63, 3.8) is 0 Å². The lowest BCUT2D eigenvalue weighted by atomic mass is 10.4. The molecular formula is C9H17NO4S. The van der Waals surface area contributed by atoms with Gasteiger partial charge in [0, 0.05) is 25.3 Å². The molecule has 0 saturated carbocycles. The molecule has 0 aromatic carbocycles. The number of thioether (sulfide) groups is 1. The summed E-state index contributed by atoms with van der Waals surface area (Å²) in [6, 6.07) is 0. The molecule has 2 N–H and O–H groups in total. The highest BCUT2D eigenvalue weighted by Gasteiger charge is 2.00. The Morgan fingerprint density at radius 2 is 2.20 bits per heavy atom. The summed E-state index contributed by atoms with van der Waals surface area (Å²) in [4.78, 5) is 21.2. The minimum Gasteiger partial charge on any atom is -0.481 e. The van der Waals surface area contributed by atoms with Gasteiger partial charge in [-0.05, 0) is 6.92 Å².